The number of halogens is 2. The van der Waals surface area contributed by atoms with E-state index in [0.717, 1.165) is 16.0 Å². The van der Waals surface area contributed by atoms with E-state index in [9.17, 15) is 14.9 Å². The number of nitro groups is 1. The lowest BCUT2D eigenvalue weighted by molar-refractivity contribution is -0.384. The van der Waals surface area contributed by atoms with E-state index >= 15 is 0 Å². The zero-order valence-corrected chi connectivity index (χ0v) is 17.1. The van der Waals surface area contributed by atoms with Gasteiger partial charge in [-0.05, 0) is 19.1 Å². The lowest BCUT2D eigenvalue weighted by Gasteiger charge is -2.05. The topological polar surface area (TPSA) is 86.7 Å². The molecule has 0 atom stereocenters. The van der Waals surface area contributed by atoms with Crippen molar-refractivity contribution in [2.45, 2.75) is 13.5 Å². The van der Waals surface area contributed by atoms with Gasteiger partial charge in [0.2, 0.25) is 0 Å². The highest BCUT2D eigenvalue weighted by atomic mass is 35.5. The van der Waals surface area contributed by atoms with Gasteiger partial charge < -0.3 is 9.30 Å². The van der Waals surface area contributed by atoms with Crippen LogP contribution >= 0.6 is 45.9 Å². The minimum Gasteiger partial charge on any atom is -0.380 e. The van der Waals surface area contributed by atoms with Crippen molar-refractivity contribution in [3.63, 3.8) is 0 Å². The highest BCUT2D eigenvalue weighted by Crippen LogP contribution is 2.31. The zero-order chi connectivity index (χ0) is 19.6. The average molecular weight is 446 g/mol. The normalized spacial score (nSPS) is 12.0. The molecule has 1 amide bonds. The van der Waals surface area contributed by atoms with E-state index < -0.39 is 10.8 Å². The van der Waals surface area contributed by atoms with Crippen LogP contribution in [-0.2, 0) is 11.3 Å². The van der Waals surface area contributed by atoms with E-state index in [1.165, 1.54) is 29.5 Å². The molecule has 0 fully saturated rings. The molecule has 0 spiro atoms. The molecule has 7 nitrogen and oxygen atoms in total. The van der Waals surface area contributed by atoms with Crippen molar-refractivity contribution in [2.24, 2.45) is 4.99 Å². The van der Waals surface area contributed by atoms with Gasteiger partial charge in [0.05, 0.1) is 31.6 Å². The van der Waals surface area contributed by atoms with Crippen molar-refractivity contribution in [3.05, 3.63) is 53.4 Å². The number of thiophene rings is 1. The van der Waals surface area contributed by atoms with E-state index in [1.54, 1.807) is 10.6 Å². The van der Waals surface area contributed by atoms with Crippen LogP contribution < -0.4 is 4.80 Å². The van der Waals surface area contributed by atoms with Crippen molar-refractivity contribution >= 4 is 67.7 Å². The molecule has 0 saturated carbocycles. The number of hydrogen-bond donors (Lipinski definition) is 0. The SMILES string of the molecule is CCOCCn1c(=NC(=O)c2cc(Cl)sc2Cl)sc2ccc([N+](=O)[O-])cc21. The quantitative estimate of drug-likeness (QED) is 0.311. The molecule has 0 saturated heterocycles. The molecular weight excluding hydrogens is 433 g/mol. The highest BCUT2D eigenvalue weighted by molar-refractivity contribution is 7.20. The maximum absolute atomic E-state index is 12.5. The molecule has 0 aliphatic rings. The number of nitro benzene ring substituents is 1. The van der Waals surface area contributed by atoms with Gasteiger partial charge >= 0.3 is 0 Å². The van der Waals surface area contributed by atoms with Crippen LogP contribution in [0.4, 0.5) is 5.69 Å². The lowest BCUT2D eigenvalue weighted by Crippen LogP contribution is -2.19. The van der Waals surface area contributed by atoms with Crippen LogP contribution in [0.2, 0.25) is 8.67 Å². The summed E-state index contributed by atoms with van der Waals surface area (Å²) in [4.78, 5) is 27.8. The van der Waals surface area contributed by atoms with Crippen LogP contribution in [0.1, 0.15) is 17.3 Å². The first-order valence-electron chi connectivity index (χ1n) is 7.80. The second kappa shape index (κ2) is 8.49. The van der Waals surface area contributed by atoms with Gasteiger partial charge in [-0.15, -0.1) is 11.3 Å². The van der Waals surface area contributed by atoms with Gasteiger partial charge in [0, 0.05) is 25.3 Å². The molecule has 1 aromatic carbocycles. The van der Waals surface area contributed by atoms with Gasteiger partial charge in [0.1, 0.15) is 4.34 Å². The molecule has 2 heterocycles. The molecule has 0 aliphatic carbocycles. The molecular formula is C16H13Cl2N3O4S2. The minimum atomic E-state index is -0.519. The van der Waals surface area contributed by atoms with Crippen LogP contribution in [0.25, 0.3) is 10.2 Å². The number of nitrogens with zero attached hydrogens (tertiary/aromatic N) is 3. The smallest absolute Gasteiger partial charge is 0.282 e. The predicted octanol–water partition coefficient (Wildman–Crippen LogP) is 4.76. The zero-order valence-electron chi connectivity index (χ0n) is 14.0. The van der Waals surface area contributed by atoms with Crippen LogP contribution in [0.3, 0.4) is 0 Å². The summed E-state index contributed by atoms with van der Waals surface area (Å²) in [6, 6.07) is 6.01. The average Bonchev–Trinajstić information content (AvgIpc) is 3.14. The molecule has 142 valence electrons. The summed E-state index contributed by atoms with van der Waals surface area (Å²) in [5, 5.41) is 11.1. The largest absolute Gasteiger partial charge is 0.380 e. The Morgan fingerprint density at radius 3 is 2.74 bits per heavy atom. The molecule has 0 aliphatic heterocycles. The maximum atomic E-state index is 12.5. The number of fused-ring (bicyclic) bond motifs is 1. The fraction of sp³-hybridized carbons (Fsp3) is 0.250. The third-order valence-electron chi connectivity index (χ3n) is 3.62. The summed E-state index contributed by atoms with van der Waals surface area (Å²) in [6.45, 7) is 3.20. The molecule has 2 aromatic heterocycles. The Kier molecular flexibility index (Phi) is 6.28. The third kappa shape index (κ3) is 4.39. The number of hydrogen-bond acceptors (Lipinski definition) is 6. The van der Waals surface area contributed by atoms with Crippen molar-refractivity contribution in [1.29, 1.82) is 0 Å². The summed E-state index contributed by atoms with van der Waals surface area (Å²) in [7, 11) is 0. The monoisotopic (exact) mass is 445 g/mol. The Morgan fingerprint density at radius 2 is 2.11 bits per heavy atom. The summed E-state index contributed by atoms with van der Waals surface area (Å²) in [5.41, 5.74) is 0.817. The number of rotatable bonds is 6. The fourth-order valence-corrected chi connectivity index (χ4v) is 4.89. The van der Waals surface area contributed by atoms with Crippen LogP contribution in [0.15, 0.2) is 29.3 Å². The number of ether oxygens (including phenoxy) is 1. The fourth-order valence-electron chi connectivity index (χ4n) is 2.41. The molecule has 27 heavy (non-hydrogen) atoms. The van der Waals surface area contributed by atoms with Crippen molar-refractivity contribution < 1.29 is 14.5 Å². The lowest BCUT2D eigenvalue weighted by atomic mass is 10.3. The van der Waals surface area contributed by atoms with Gasteiger partial charge in [0.15, 0.2) is 4.80 Å². The Bertz CT molecular complexity index is 1090. The Labute approximate surface area is 171 Å². The van der Waals surface area contributed by atoms with Crippen LogP contribution in [0, 0.1) is 10.1 Å². The summed E-state index contributed by atoms with van der Waals surface area (Å²) >= 11 is 14.3. The number of thiazole rings is 1. The predicted molar refractivity (Wildman–Crippen MR) is 107 cm³/mol. The Morgan fingerprint density at radius 1 is 1.33 bits per heavy atom. The van der Waals surface area contributed by atoms with Crippen LogP contribution in [-0.4, -0.2) is 28.6 Å². The molecule has 0 radical (unpaired) electrons. The molecule has 0 bridgehead atoms. The number of carbonyl (C=O) groups excluding carboxylic acids is 1. The number of carbonyl (C=O) groups is 1. The Hall–Kier alpha value is -1.78. The van der Waals surface area contributed by atoms with Gasteiger partial charge in [-0.25, -0.2) is 0 Å². The minimum absolute atomic E-state index is 0.0315. The first-order chi connectivity index (χ1) is 12.9. The van der Waals surface area contributed by atoms with E-state index in [1.807, 2.05) is 6.92 Å². The van der Waals surface area contributed by atoms with Crippen LogP contribution in [0.5, 0.6) is 0 Å². The maximum Gasteiger partial charge on any atom is 0.282 e. The van der Waals surface area contributed by atoms with Crippen molar-refractivity contribution in [1.82, 2.24) is 4.57 Å². The van der Waals surface area contributed by atoms with E-state index in [4.69, 9.17) is 27.9 Å². The van der Waals surface area contributed by atoms with Crippen molar-refractivity contribution in [2.75, 3.05) is 13.2 Å². The molecule has 0 unspecified atom stereocenters. The number of non-ortho nitro benzene ring substituents is 1. The molecule has 3 rings (SSSR count). The van der Waals surface area contributed by atoms with Gasteiger partial charge in [-0.1, -0.05) is 34.5 Å². The van der Waals surface area contributed by atoms with Gasteiger partial charge in [-0.2, -0.15) is 4.99 Å². The molecule has 0 N–H and O–H groups in total. The second-order valence-corrected chi connectivity index (χ2v) is 8.59. The number of aromatic nitrogens is 1. The first-order valence-corrected chi connectivity index (χ1v) is 10.2. The summed E-state index contributed by atoms with van der Waals surface area (Å²) in [6.07, 6.45) is 0. The number of amides is 1. The van der Waals surface area contributed by atoms with E-state index in [0.29, 0.717) is 34.4 Å². The molecule has 3 aromatic rings. The third-order valence-corrected chi connectivity index (χ3v) is 6.17. The Balaban J connectivity index is 2.12. The summed E-state index contributed by atoms with van der Waals surface area (Å²) < 4.78 is 8.57. The standard InChI is InChI=1S/C16H13Cl2N3O4S2/c1-2-25-6-5-20-11-7-9(21(23)24)3-4-12(11)26-16(20)19-15(22)10-8-13(17)27-14(10)18/h3-4,7-8H,2,5-6H2,1H3. The van der Waals surface area contributed by atoms with E-state index in [2.05, 4.69) is 4.99 Å². The highest BCUT2D eigenvalue weighted by Gasteiger charge is 2.16. The second-order valence-electron chi connectivity index (χ2n) is 5.30. The number of benzene rings is 1. The van der Waals surface area contributed by atoms with Crippen molar-refractivity contribution in [3.8, 4) is 0 Å². The molecule has 11 heteroatoms. The van der Waals surface area contributed by atoms with E-state index in [-0.39, 0.29) is 15.6 Å². The van der Waals surface area contributed by atoms with Gasteiger partial charge in [0.25, 0.3) is 11.6 Å². The first kappa shape index (κ1) is 20.0. The summed E-state index contributed by atoms with van der Waals surface area (Å²) in [5.74, 6) is -0.519. The van der Waals surface area contributed by atoms with Gasteiger partial charge in [-0.3, -0.25) is 14.9 Å².